The molecule has 190 valence electrons. The van der Waals surface area contributed by atoms with Crippen LogP contribution in [-0.4, -0.2) is 48.6 Å². The molecule has 5 rings (SSSR count). The van der Waals surface area contributed by atoms with Crippen LogP contribution >= 0.6 is 0 Å². The fourth-order valence-corrected chi connectivity index (χ4v) is 4.60. The van der Waals surface area contributed by atoms with Gasteiger partial charge in [0.05, 0.1) is 19.3 Å². The molecule has 1 N–H and O–H groups in total. The predicted molar refractivity (Wildman–Crippen MR) is 140 cm³/mol. The second-order valence-electron chi connectivity index (χ2n) is 9.04. The Morgan fingerprint density at radius 2 is 1.57 bits per heavy atom. The molecule has 0 unspecified atom stereocenters. The summed E-state index contributed by atoms with van der Waals surface area (Å²) in [5, 5.41) is 3.06. The number of hydrogen-bond donors (Lipinski definition) is 1. The van der Waals surface area contributed by atoms with Crippen molar-refractivity contribution in [3.8, 4) is 22.6 Å². The van der Waals surface area contributed by atoms with Gasteiger partial charge in [-0.3, -0.25) is 9.69 Å². The van der Waals surface area contributed by atoms with Gasteiger partial charge in [-0.05, 0) is 17.7 Å². The quantitative estimate of drug-likeness (QED) is 0.340. The molecule has 1 fully saturated rings. The van der Waals surface area contributed by atoms with E-state index in [0.717, 1.165) is 35.5 Å². The van der Waals surface area contributed by atoms with Crippen molar-refractivity contribution in [3.05, 3.63) is 102 Å². The lowest BCUT2D eigenvalue weighted by Gasteiger charge is -2.35. The number of hydrogen-bond acceptors (Lipinski definition) is 5. The van der Waals surface area contributed by atoms with Crippen molar-refractivity contribution in [2.45, 2.75) is 18.9 Å². The highest BCUT2D eigenvalue weighted by molar-refractivity contribution is 5.78. The highest BCUT2D eigenvalue weighted by atomic mass is 19.1. The van der Waals surface area contributed by atoms with Crippen LogP contribution < -0.4 is 5.32 Å². The van der Waals surface area contributed by atoms with E-state index in [1.807, 2.05) is 60.7 Å². The third-order valence-corrected chi connectivity index (χ3v) is 6.55. The number of carbonyl (C=O) groups is 1. The van der Waals surface area contributed by atoms with Crippen molar-refractivity contribution < 1.29 is 18.3 Å². The van der Waals surface area contributed by atoms with E-state index in [1.54, 1.807) is 12.1 Å². The van der Waals surface area contributed by atoms with Gasteiger partial charge in [-0.25, -0.2) is 9.37 Å². The fourth-order valence-electron chi connectivity index (χ4n) is 4.60. The highest BCUT2D eigenvalue weighted by Crippen LogP contribution is 2.33. The van der Waals surface area contributed by atoms with Gasteiger partial charge in [0, 0.05) is 43.6 Å². The Bertz CT molecular complexity index is 1230. The number of oxazole rings is 1. The van der Waals surface area contributed by atoms with Crippen LogP contribution in [0.15, 0.2) is 89.3 Å². The van der Waals surface area contributed by atoms with E-state index in [1.165, 1.54) is 12.1 Å². The molecule has 1 atom stereocenters. The monoisotopic (exact) mass is 499 g/mol. The standard InChI is InChI=1S/C30H30FN3O3/c31-25-13-11-22(12-14-25)26(34-17-19-36-20-18-34)21-32-27(35)15-16-28-33-29(23-7-3-1-4-8-23)30(37-28)24-9-5-2-6-10-24/h1-14,26H,15-21H2,(H,32,35)/t26-/m0/s1. The molecule has 37 heavy (non-hydrogen) atoms. The van der Waals surface area contributed by atoms with Gasteiger partial charge < -0.3 is 14.5 Å². The molecule has 1 aliphatic heterocycles. The van der Waals surface area contributed by atoms with Gasteiger partial charge in [-0.2, -0.15) is 0 Å². The lowest BCUT2D eigenvalue weighted by Crippen LogP contribution is -2.43. The molecule has 1 aliphatic rings. The molecule has 1 amide bonds. The van der Waals surface area contributed by atoms with Gasteiger partial charge in [-0.15, -0.1) is 0 Å². The number of morpholine rings is 1. The molecular formula is C30H30FN3O3. The second-order valence-corrected chi connectivity index (χ2v) is 9.04. The topological polar surface area (TPSA) is 67.6 Å². The molecule has 6 nitrogen and oxygen atoms in total. The maximum absolute atomic E-state index is 13.5. The van der Waals surface area contributed by atoms with Crippen LogP contribution in [0.25, 0.3) is 22.6 Å². The van der Waals surface area contributed by atoms with E-state index in [-0.39, 0.29) is 24.2 Å². The number of carbonyl (C=O) groups excluding carboxylic acids is 1. The number of nitrogens with zero attached hydrogens (tertiary/aromatic N) is 2. The zero-order chi connectivity index (χ0) is 25.5. The number of aryl methyl sites for hydroxylation is 1. The van der Waals surface area contributed by atoms with Gasteiger partial charge in [0.2, 0.25) is 5.91 Å². The normalized spacial score (nSPS) is 14.8. The molecule has 0 saturated carbocycles. The Hall–Kier alpha value is -3.81. The Balaban J connectivity index is 1.26. The van der Waals surface area contributed by atoms with Crippen LogP contribution in [0.5, 0.6) is 0 Å². The summed E-state index contributed by atoms with van der Waals surface area (Å²) in [7, 11) is 0. The summed E-state index contributed by atoms with van der Waals surface area (Å²) in [6.45, 7) is 3.24. The molecule has 0 spiro atoms. The summed E-state index contributed by atoms with van der Waals surface area (Å²) < 4.78 is 25.1. The third kappa shape index (κ3) is 6.31. The molecular weight excluding hydrogens is 469 g/mol. The van der Waals surface area contributed by atoms with E-state index < -0.39 is 0 Å². The number of aromatic nitrogens is 1. The van der Waals surface area contributed by atoms with Crippen molar-refractivity contribution in [2.75, 3.05) is 32.8 Å². The average molecular weight is 500 g/mol. The van der Waals surface area contributed by atoms with Crippen LogP contribution in [0.4, 0.5) is 4.39 Å². The summed E-state index contributed by atoms with van der Waals surface area (Å²) in [6.07, 6.45) is 0.638. The zero-order valence-electron chi connectivity index (χ0n) is 20.6. The summed E-state index contributed by atoms with van der Waals surface area (Å²) >= 11 is 0. The number of rotatable bonds is 9. The van der Waals surface area contributed by atoms with E-state index in [9.17, 15) is 9.18 Å². The number of halogens is 1. The van der Waals surface area contributed by atoms with Gasteiger partial charge >= 0.3 is 0 Å². The molecule has 0 aliphatic carbocycles. The highest BCUT2D eigenvalue weighted by Gasteiger charge is 2.24. The average Bonchev–Trinajstić information content (AvgIpc) is 3.39. The maximum Gasteiger partial charge on any atom is 0.220 e. The van der Waals surface area contributed by atoms with E-state index >= 15 is 0 Å². The molecule has 2 heterocycles. The minimum Gasteiger partial charge on any atom is -0.440 e. The molecule has 1 aromatic heterocycles. The first-order chi connectivity index (χ1) is 18.2. The lowest BCUT2D eigenvalue weighted by atomic mass is 10.0. The first-order valence-corrected chi connectivity index (χ1v) is 12.6. The number of ether oxygens (including phenoxy) is 1. The summed E-state index contributed by atoms with van der Waals surface area (Å²) in [5.41, 5.74) is 3.65. The second kappa shape index (κ2) is 12.0. The summed E-state index contributed by atoms with van der Waals surface area (Å²) in [4.78, 5) is 19.9. The minimum atomic E-state index is -0.274. The van der Waals surface area contributed by atoms with Crippen LogP contribution in [0.2, 0.25) is 0 Å². The first kappa shape index (κ1) is 24.9. The maximum atomic E-state index is 13.5. The van der Waals surface area contributed by atoms with Gasteiger partial charge in [0.1, 0.15) is 11.5 Å². The van der Waals surface area contributed by atoms with Crippen LogP contribution in [0.1, 0.15) is 23.9 Å². The van der Waals surface area contributed by atoms with E-state index in [2.05, 4.69) is 10.2 Å². The number of benzene rings is 3. The van der Waals surface area contributed by atoms with Crippen molar-refractivity contribution in [1.82, 2.24) is 15.2 Å². The van der Waals surface area contributed by atoms with Crippen molar-refractivity contribution in [2.24, 2.45) is 0 Å². The largest absolute Gasteiger partial charge is 0.440 e. The lowest BCUT2D eigenvalue weighted by molar-refractivity contribution is -0.121. The molecule has 4 aromatic rings. The van der Waals surface area contributed by atoms with Crippen LogP contribution in [0, 0.1) is 5.82 Å². The molecule has 0 radical (unpaired) electrons. The smallest absolute Gasteiger partial charge is 0.220 e. The molecule has 1 saturated heterocycles. The SMILES string of the molecule is O=C(CCc1nc(-c2ccccc2)c(-c2ccccc2)o1)NC[C@@H](c1ccc(F)cc1)N1CCOCC1. The molecule has 0 bridgehead atoms. The Labute approximate surface area is 216 Å². The predicted octanol–water partition coefficient (Wildman–Crippen LogP) is 5.27. The number of amides is 1. The molecule has 7 heteroatoms. The van der Waals surface area contributed by atoms with Gasteiger partial charge in [-0.1, -0.05) is 72.8 Å². The third-order valence-electron chi connectivity index (χ3n) is 6.55. The Morgan fingerprint density at radius 1 is 0.919 bits per heavy atom. The van der Waals surface area contributed by atoms with Gasteiger partial charge in [0.15, 0.2) is 11.7 Å². The van der Waals surface area contributed by atoms with E-state index in [4.69, 9.17) is 14.1 Å². The fraction of sp³-hybridized carbons (Fsp3) is 0.267. The van der Waals surface area contributed by atoms with E-state index in [0.29, 0.717) is 37.8 Å². The Kier molecular flexibility index (Phi) is 8.03. The van der Waals surface area contributed by atoms with Crippen LogP contribution in [0.3, 0.4) is 0 Å². The van der Waals surface area contributed by atoms with Crippen molar-refractivity contribution >= 4 is 5.91 Å². The van der Waals surface area contributed by atoms with Crippen molar-refractivity contribution in [1.29, 1.82) is 0 Å². The van der Waals surface area contributed by atoms with Gasteiger partial charge in [0.25, 0.3) is 0 Å². The Morgan fingerprint density at radius 3 is 2.24 bits per heavy atom. The summed E-state index contributed by atoms with van der Waals surface area (Å²) in [6, 6.07) is 26.2. The minimum absolute atomic E-state index is 0.0513. The summed E-state index contributed by atoms with van der Waals surface area (Å²) in [5.74, 6) is 0.868. The van der Waals surface area contributed by atoms with Crippen LogP contribution in [-0.2, 0) is 16.0 Å². The zero-order valence-corrected chi connectivity index (χ0v) is 20.6. The van der Waals surface area contributed by atoms with Crippen molar-refractivity contribution in [3.63, 3.8) is 0 Å². The molecule has 3 aromatic carbocycles. The first-order valence-electron chi connectivity index (χ1n) is 12.6. The number of nitrogens with one attached hydrogen (secondary N) is 1.